The van der Waals surface area contributed by atoms with E-state index in [4.69, 9.17) is 0 Å². The molecular weight excluding hydrogens is 338 g/mol. The molecule has 0 amide bonds. The maximum atomic E-state index is 12.5. The molecule has 7 nitrogen and oxygen atoms in total. The normalized spacial score (nSPS) is 11.3. The molecule has 3 aromatic heterocycles. The third-order valence-electron chi connectivity index (χ3n) is 4.12. The fourth-order valence-electron chi connectivity index (χ4n) is 2.78. The number of hydrogen-bond donors (Lipinski definition) is 0. The highest BCUT2D eigenvalue weighted by Crippen LogP contribution is 2.23. The molecule has 3 heterocycles. The van der Waals surface area contributed by atoms with Crippen LogP contribution in [-0.4, -0.2) is 23.7 Å². The van der Waals surface area contributed by atoms with Crippen molar-refractivity contribution in [1.82, 2.24) is 23.7 Å². The minimum atomic E-state index is -0.386. The SMILES string of the molecule is Cn1c(=O)c2c(ncn2Cc2csc(-c3ccccc3)n2)n(C)c1=O. The van der Waals surface area contributed by atoms with Gasteiger partial charge < -0.3 is 4.57 Å². The maximum absolute atomic E-state index is 12.5. The van der Waals surface area contributed by atoms with Crippen molar-refractivity contribution >= 4 is 22.5 Å². The van der Waals surface area contributed by atoms with Crippen molar-refractivity contribution in [2.45, 2.75) is 6.54 Å². The van der Waals surface area contributed by atoms with Crippen LogP contribution in [-0.2, 0) is 20.6 Å². The lowest BCUT2D eigenvalue weighted by molar-refractivity contribution is 0.701. The van der Waals surface area contributed by atoms with Gasteiger partial charge in [-0.1, -0.05) is 30.3 Å². The maximum Gasteiger partial charge on any atom is 0.332 e. The van der Waals surface area contributed by atoms with E-state index in [0.29, 0.717) is 17.7 Å². The largest absolute Gasteiger partial charge is 0.332 e. The minimum absolute atomic E-state index is 0.353. The molecule has 1 aromatic carbocycles. The van der Waals surface area contributed by atoms with E-state index in [9.17, 15) is 9.59 Å². The first-order valence-corrected chi connectivity index (χ1v) is 8.55. The Kier molecular flexibility index (Phi) is 3.61. The summed E-state index contributed by atoms with van der Waals surface area (Å²) in [4.78, 5) is 33.3. The number of benzene rings is 1. The van der Waals surface area contributed by atoms with Crippen LogP contribution >= 0.6 is 11.3 Å². The second-order valence-corrected chi connectivity index (χ2v) is 6.62. The van der Waals surface area contributed by atoms with Gasteiger partial charge in [0.25, 0.3) is 5.56 Å². The fraction of sp³-hybridized carbons (Fsp3) is 0.176. The van der Waals surface area contributed by atoms with Crippen LogP contribution in [0.2, 0.25) is 0 Å². The van der Waals surface area contributed by atoms with Gasteiger partial charge in [-0.3, -0.25) is 13.9 Å². The summed E-state index contributed by atoms with van der Waals surface area (Å²) in [6.45, 7) is 0.424. The second-order valence-electron chi connectivity index (χ2n) is 5.76. The zero-order valence-electron chi connectivity index (χ0n) is 13.7. The molecular formula is C17H15N5O2S. The molecule has 0 radical (unpaired) electrons. The Labute approximate surface area is 146 Å². The van der Waals surface area contributed by atoms with Gasteiger partial charge >= 0.3 is 5.69 Å². The molecule has 0 aliphatic carbocycles. The van der Waals surface area contributed by atoms with Gasteiger partial charge in [-0.15, -0.1) is 11.3 Å². The van der Waals surface area contributed by atoms with Gasteiger partial charge in [0.1, 0.15) is 5.01 Å². The van der Waals surface area contributed by atoms with E-state index in [1.54, 1.807) is 29.3 Å². The lowest BCUT2D eigenvalue weighted by Crippen LogP contribution is -2.37. The number of fused-ring (bicyclic) bond motifs is 1. The van der Waals surface area contributed by atoms with Crippen LogP contribution in [0.3, 0.4) is 0 Å². The van der Waals surface area contributed by atoms with E-state index < -0.39 is 0 Å². The summed E-state index contributed by atoms with van der Waals surface area (Å²) in [5, 5.41) is 2.90. The molecule has 0 N–H and O–H groups in total. The third-order valence-corrected chi connectivity index (χ3v) is 5.06. The van der Waals surface area contributed by atoms with Gasteiger partial charge in [-0.25, -0.2) is 14.8 Å². The highest BCUT2D eigenvalue weighted by atomic mass is 32.1. The summed E-state index contributed by atoms with van der Waals surface area (Å²) < 4.78 is 4.21. The molecule has 0 aliphatic heterocycles. The van der Waals surface area contributed by atoms with E-state index in [2.05, 4.69) is 9.97 Å². The van der Waals surface area contributed by atoms with Gasteiger partial charge in [0, 0.05) is 25.0 Å². The molecule has 25 heavy (non-hydrogen) atoms. The van der Waals surface area contributed by atoms with Crippen LogP contribution < -0.4 is 11.2 Å². The monoisotopic (exact) mass is 353 g/mol. The smallest absolute Gasteiger partial charge is 0.319 e. The first kappa shape index (κ1) is 15.5. The highest BCUT2D eigenvalue weighted by Gasteiger charge is 2.15. The van der Waals surface area contributed by atoms with Crippen LogP contribution in [0.25, 0.3) is 21.7 Å². The van der Waals surface area contributed by atoms with E-state index in [-0.39, 0.29) is 11.2 Å². The molecule has 0 saturated heterocycles. The Morgan fingerprint density at radius 2 is 1.84 bits per heavy atom. The average Bonchev–Trinajstić information content (AvgIpc) is 3.27. The van der Waals surface area contributed by atoms with Crippen LogP contribution in [0, 0.1) is 0 Å². The number of aryl methyl sites for hydroxylation is 1. The molecule has 0 unspecified atom stereocenters. The van der Waals surface area contributed by atoms with Crippen molar-refractivity contribution in [2.24, 2.45) is 14.1 Å². The van der Waals surface area contributed by atoms with Gasteiger partial charge in [0.15, 0.2) is 11.2 Å². The first-order valence-electron chi connectivity index (χ1n) is 7.67. The molecule has 4 aromatic rings. The van der Waals surface area contributed by atoms with Crippen molar-refractivity contribution in [2.75, 3.05) is 0 Å². The Balaban J connectivity index is 1.77. The summed E-state index contributed by atoms with van der Waals surface area (Å²) in [5.41, 5.74) is 1.95. The summed E-state index contributed by atoms with van der Waals surface area (Å²) in [6, 6.07) is 9.95. The summed E-state index contributed by atoms with van der Waals surface area (Å²) in [5.74, 6) is 0. The summed E-state index contributed by atoms with van der Waals surface area (Å²) in [6.07, 6.45) is 1.58. The lowest BCUT2D eigenvalue weighted by atomic mass is 10.2. The summed E-state index contributed by atoms with van der Waals surface area (Å²) >= 11 is 1.56. The standard InChI is InChI=1S/C17H15N5O2S/c1-20-14-13(16(23)21(2)17(20)24)22(10-18-14)8-12-9-25-15(19-12)11-6-4-3-5-7-11/h3-7,9-10H,8H2,1-2H3. The molecule has 0 saturated carbocycles. The van der Waals surface area contributed by atoms with Crippen molar-refractivity contribution in [3.63, 3.8) is 0 Å². The molecule has 4 rings (SSSR count). The number of imidazole rings is 1. The van der Waals surface area contributed by atoms with E-state index >= 15 is 0 Å². The van der Waals surface area contributed by atoms with Crippen molar-refractivity contribution in [3.05, 3.63) is 68.6 Å². The van der Waals surface area contributed by atoms with Gasteiger partial charge in [0.2, 0.25) is 0 Å². The number of aromatic nitrogens is 5. The van der Waals surface area contributed by atoms with Gasteiger partial charge in [-0.05, 0) is 0 Å². The fourth-order valence-corrected chi connectivity index (χ4v) is 3.60. The van der Waals surface area contributed by atoms with Crippen molar-refractivity contribution in [1.29, 1.82) is 0 Å². The first-order chi connectivity index (χ1) is 12.1. The number of rotatable bonds is 3. The van der Waals surface area contributed by atoms with Crippen LogP contribution in [0.1, 0.15) is 5.69 Å². The molecule has 0 aliphatic rings. The summed E-state index contributed by atoms with van der Waals surface area (Å²) in [7, 11) is 3.08. The Hall–Kier alpha value is -3.00. The molecule has 0 spiro atoms. The Morgan fingerprint density at radius 3 is 2.60 bits per heavy atom. The zero-order chi connectivity index (χ0) is 17.6. The second kappa shape index (κ2) is 5.82. The van der Waals surface area contributed by atoms with Gasteiger partial charge in [-0.2, -0.15) is 0 Å². The lowest BCUT2D eigenvalue weighted by Gasteiger charge is -2.05. The van der Waals surface area contributed by atoms with E-state index in [0.717, 1.165) is 20.8 Å². The van der Waals surface area contributed by atoms with Crippen LogP contribution in [0.5, 0.6) is 0 Å². The minimum Gasteiger partial charge on any atom is -0.319 e. The average molecular weight is 353 g/mol. The highest BCUT2D eigenvalue weighted by molar-refractivity contribution is 7.13. The zero-order valence-corrected chi connectivity index (χ0v) is 14.5. The molecule has 8 heteroatoms. The Morgan fingerprint density at radius 1 is 1.08 bits per heavy atom. The third kappa shape index (κ3) is 2.51. The van der Waals surface area contributed by atoms with Crippen LogP contribution in [0.15, 0.2) is 51.6 Å². The molecule has 0 fully saturated rings. The number of nitrogens with zero attached hydrogens (tertiary/aromatic N) is 5. The van der Waals surface area contributed by atoms with Crippen molar-refractivity contribution in [3.8, 4) is 10.6 Å². The van der Waals surface area contributed by atoms with Crippen LogP contribution in [0.4, 0.5) is 0 Å². The molecule has 0 bridgehead atoms. The Bertz CT molecular complexity index is 1180. The van der Waals surface area contributed by atoms with Crippen molar-refractivity contribution < 1.29 is 0 Å². The van der Waals surface area contributed by atoms with E-state index in [1.807, 2.05) is 35.7 Å². The number of hydrogen-bond acceptors (Lipinski definition) is 5. The van der Waals surface area contributed by atoms with E-state index in [1.165, 1.54) is 11.6 Å². The number of thiazole rings is 1. The predicted molar refractivity (Wildman–Crippen MR) is 96.9 cm³/mol. The quantitative estimate of drug-likeness (QED) is 0.561. The molecule has 126 valence electrons. The topological polar surface area (TPSA) is 74.7 Å². The molecule has 0 atom stereocenters. The predicted octanol–water partition coefficient (Wildman–Crippen LogP) is 1.61. The van der Waals surface area contributed by atoms with Gasteiger partial charge in [0.05, 0.1) is 18.6 Å².